The van der Waals surface area contributed by atoms with Crippen molar-refractivity contribution in [2.45, 2.75) is 38.8 Å². The van der Waals surface area contributed by atoms with Crippen molar-refractivity contribution in [2.24, 2.45) is 0 Å². The van der Waals surface area contributed by atoms with E-state index in [9.17, 15) is 4.79 Å². The molecule has 0 bridgehead atoms. The van der Waals surface area contributed by atoms with E-state index in [1.54, 1.807) is 11.3 Å². The molecule has 1 atom stereocenters. The summed E-state index contributed by atoms with van der Waals surface area (Å²) in [4.78, 5) is 16.2. The molecule has 0 spiro atoms. The Kier molecular flexibility index (Phi) is 6.25. The number of ether oxygens (including phenoxy) is 2. The first kappa shape index (κ1) is 17.7. The lowest BCUT2D eigenvalue weighted by Crippen LogP contribution is -2.28. The summed E-state index contributed by atoms with van der Waals surface area (Å²) in [5.41, 5.74) is 1.58. The monoisotopic (exact) mass is 361 g/mol. The van der Waals surface area contributed by atoms with Gasteiger partial charge >= 0.3 is 6.03 Å². The minimum Gasteiger partial charge on any atom is -0.491 e. The molecule has 25 heavy (non-hydrogen) atoms. The number of benzene rings is 1. The average Bonchev–Trinajstić information content (AvgIpc) is 3.06. The van der Waals surface area contributed by atoms with E-state index in [1.807, 2.05) is 36.6 Å². The summed E-state index contributed by atoms with van der Waals surface area (Å²) >= 11 is 1.57. The van der Waals surface area contributed by atoms with Gasteiger partial charge in [-0.05, 0) is 50.5 Å². The van der Waals surface area contributed by atoms with Crippen LogP contribution in [0.1, 0.15) is 30.0 Å². The first-order valence-electron chi connectivity index (χ1n) is 8.49. The fourth-order valence-corrected chi connectivity index (χ4v) is 3.21. The zero-order valence-corrected chi connectivity index (χ0v) is 15.1. The molecule has 6 nitrogen and oxygen atoms in total. The van der Waals surface area contributed by atoms with Crippen molar-refractivity contribution in [2.75, 3.05) is 18.5 Å². The summed E-state index contributed by atoms with van der Waals surface area (Å²) in [6.07, 6.45) is 3.58. The third-order valence-electron chi connectivity index (χ3n) is 3.92. The fourth-order valence-electron chi connectivity index (χ4n) is 2.60. The normalized spacial score (nSPS) is 17.1. The minimum absolute atomic E-state index is 0.187. The molecular formula is C18H23N3O3S. The number of hydrogen-bond acceptors (Lipinski definition) is 5. The number of carbonyl (C=O) groups excluding carboxylic acids is 1. The van der Waals surface area contributed by atoms with Crippen molar-refractivity contribution >= 4 is 23.1 Å². The maximum atomic E-state index is 11.9. The molecule has 0 radical (unpaired) electrons. The molecule has 2 aromatic rings. The number of anilines is 1. The van der Waals surface area contributed by atoms with E-state index in [0.717, 1.165) is 35.9 Å². The molecule has 0 unspecified atom stereocenters. The van der Waals surface area contributed by atoms with E-state index in [2.05, 4.69) is 15.6 Å². The SMILES string of the molecule is Cc1nc(CNC(=O)Nc2ccc(OC[C@H]3CCCCO3)cc2)cs1. The van der Waals surface area contributed by atoms with Crippen molar-refractivity contribution in [3.63, 3.8) is 0 Å². The summed E-state index contributed by atoms with van der Waals surface area (Å²) < 4.78 is 11.4. The Morgan fingerprint density at radius 2 is 2.20 bits per heavy atom. The van der Waals surface area contributed by atoms with Gasteiger partial charge < -0.3 is 20.1 Å². The topological polar surface area (TPSA) is 72.5 Å². The lowest BCUT2D eigenvalue weighted by Gasteiger charge is -2.22. The average molecular weight is 361 g/mol. The number of rotatable bonds is 6. The van der Waals surface area contributed by atoms with Gasteiger partial charge in [0.25, 0.3) is 0 Å². The number of nitrogens with zero attached hydrogens (tertiary/aromatic N) is 1. The predicted octanol–water partition coefficient (Wildman–Crippen LogP) is 3.72. The highest BCUT2D eigenvalue weighted by molar-refractivity contribution is 7.09. The van der Waals surface area contributed by atoms with E-state index in [1.165, 1.54) is 6.42 Å². The molecule has 1 aliphatic heterocycles. The van der Waals surface area contributed by atoms with Crippen molar-refractivity contribution in [1.82, 2.24) is 10.3 Å². The Bertz CT molecular complexity index is 681. The van der Waals surface area contributed by atoms with Crippen LogP contribution in [0.25, 0.3) is 0 Å². The van der Waals surface area contributed by atoms with Gasteiger partial charge in [-0.1, -0.05) is 0 Å². The van der Waals surface area contributed by atoms with Gasteiger partial charge in [0, 0.05) is 17.7 Å². The van der Waals surface area contributed by atoms with E-state index < -0.39 is 0 Å². The largest absolute Gasteiger partial charge is 0.491 e. The Morgan fingerprint density at radius 3 is 2.88 bits per heavy atom. The van der Waals surface area contributed by atoms with Gasteiger partial charge in [0.2, 0.25) is 0 Å². The molecule has 3 rings (SSSR count). The van der Waals surface area contributed by atoms with Gasteiger partial charge in [0.1, 0.15) is 12.4 Å². The third kappa shape index (κ3) is 5.72. The standard InChI is InChI=1S/C18H23N3O3S/c1-13-20-15(12-25-13)10-19-18(22)21-14-5-7-16(8-6-14)24-11-17-4-2-3-9-23-17/h5-8,12,17H,2-4,9-11H2,1H3,(H2,19,21,22)/t17-/m1/s1. The van der Waals surface area contributed by atoms with Crippen LogP contribution in [-0.2, 0) is 11.3 Å². The number of thiazole rings is 1. The van der Waals surface area contributed by atoms with E-state index in [-0.39, 0.29) is 12.1 Å². The quantitative estimate of drug-likeness (QED) is 0.822. The maximum Gasteiger partial charge on any atom is 0.319 e. The van der Waals surface area contributed by atoms with Crippen molar-refractivity contribution in [1.29, 1.82) is 0 Å². The van der Waals surface area contributed by atoms with Crippen molar-refractivity contribution < 1.29 is 14.3 Å². The molecule has 2 amide bonds. The fraction of sp³-hybridized carbons (Fsp3) is 0.444. The van der Waals surface area contributed by atoms with E-state index in [4.69, 9.17) is 9.47 Å². The number of urea groups is 1. The van der Waals surface area contributed by atoms with Crippen LogP contribution >= 0.6 is 11.3 Å². The Labute approximate surface area is 151 Å². The number of aromatic nitrogens is 1. The van der Waals surface area contributed by atoms with Gasteiger partial charge in [-0.3, -0.25) is 0 Å². The van der Waals surface area contributed by atoms with Crippen molar-refractivity contribution in [3.8, 4) is 5.75 Å². The third-order valence-corrected chi connectivity index (χ3v) is 4.74. The first-order chi connectivity index (χ1) is 12.2. The van der Waals surface area contributed by atoms with Gasteiger partial charge in [-0.25, -0.2) is 9.78 Å². The highest BCUT2D eigenvalue weighted by Gasteiger charge is 2.14. The Hall–Kier alpha value is -2.12. The van der Waals surface area contributed by atoms with Crippen LogP contribution < -0.4 is 15.4 Å². The molecular weight excluding hydrogens is 338 g/mol. The van der Waals surface area contributed by atoms with Gasteiger partial charge in [-0.2, -0.15) is 0 Å². The zero-order valence-electron chi connectivity index (χ0n) is 14.3. The smallest absolute Gasteiger partial charge is 0.319 e. The van der Waals surface area contributed by atoms with Crippen LogP contribution in [0.4, 0.5) is 10.5 Å². The highest BCUT2D eigenvalue weighted by Crippen LogP contribution is 2.18. The molecule has 2 N–H and O–H groups in total. The lowest BCUT2D eigenvalue weighted by molar-refractivity contribution is -0.0110. The Balaban J connectivity index is 1.41. The van der Waals surface area contributed by atoms with Crippen LogP contribution in [0, 0.1) is 6.92 Å². The number of nitrogens with one attached hydrogen (secondary N) is 2. The second kappa shape index (κ2) is 8.82. The van der Waals surface area contributed by atoms with Gasteiger partial charge in [-0.15, -0.1) is 11.3 Å². The van der Waals surface area contributed by atoms with Crippen LogP contribution in [-0.4, -0.2) is 30.3 Å². The molecule has 1 aromatic heterocycles. The summed E-state index contributed by atoms with van der Waals surface area (Å²) in [5, 5.41) is 8.52. The summed E-state index contributed by atoms with van der Waals surface area (Å²) in [7, 11) is 0. The summed E-state index contributed by atoms with van der Waals surface area (Å²) in [6, 6.07) is 7.09. The number of amides is 2. The molecule has 1 aliphatic rings. The summed E-state index contributed by atoms with van der Waals surface area (Å²) in [6.45, 7) is 3.75. The minimum atomic E-state index is -0.255. The molecule has 1 saturated heterocycles. The molecule has 134 valence electrons. The van der Waals surface area contributed by atoms with Crippen LogP contribution in [0.3, 0.4) is 0 Å². The van der Waals surface area contributed by atoms with E-state index in [0.29, 0.717) is 18.8 Å². The maximum absolute atomic E-state index is 11.9. The van der Waals surface area contributed by atoms with Gasteiger partial charge in [0.15, 0.2) is 0 Å². The van der Waals surface area contributed by atoms with E-state index >= 15 is 0 Å². The Morgan fingerprint density at radius 1 is 1.36 bits per heavy atom. The van der Waals surface area contributed by atoms with Crippen LogP contribution in [0.5, 0.6) is 5.75 Å². The van der Waals surface area contributed by atoms with Crippen LogP contribution in [0.15, 0.2) is 29.6 Å². The molecule has 1 fully saturated rings. The second-order valence-electron chi connectivity index (χ2n) is 5.99. The number of hydrogen-bond donors (Lipinski definition) is 2. The molecule has 1 aromatic carbocycles. The number of carbonyl (C=O) groups is 1. The lowest BCUT2D eigenvalue weighted by atomic mass is 10.1. The molecule has 2 heterocycles. The zero-order chi connectivity index (χ0) is 17.5. The summed E-state index contributed by atoms with van der Waals surface area (Å²) in [5.74, 6) is 0.776. The van der Waals surface area contributed by atoms with Crippen molar-refractivity contribution in [3.05, 3.63) is 40.3 Å². The van der Waals surface area contributed by atoms with Gasteiger partial charge in [0.05, 0.1) is 23.4 Å². The molecule has 0 saturated carbocycles. The number of aryl methyl sites for hydroxylation is 1. The predicted molar refractivity (Wildman–Crippen MR) is 98.2 cm³/mol. The molecule has 0 aliphatic carbocycles. The first-order valence-corrected chi connectivity index (χ1v) is 9.37. The highest BCUT2D eigenvalue weighted by atomic mass is 32.1. The molecule has 7 heteroatoms. The second-order valence-corrected chi connectivity index (χ2v) is 7.05. The van der Waals surface area contributed by atoms with Crippen LogP contribution in [0.2, 0.25) is 0 Å².